The van der Waals surface area contributed by atoms with E-state index < -0.39 is 0 Å². The van der Waals surface area contributed by atoms with Gasteiger partial charge in [-0.1, -0.05) is 19.1 Å². The maximum absolute atomic E-state index is 10.3. The number of likely N-dealkylation sites (tertiary alicyclic amines) is 1. The highest BCUT2D eigenvalue weighted by atomic mass is 16.5. The number of fused-ring (bicyclic) bond motifs is 2. The van der Waals surface area contributed by atoms with Crippen molar-refractivity contribution in [3.63, 3.8) is 0 Å². The summed E-state index contributed by atoms with van der Waals surface area (Å²) < 4.78 is 9.78. The van der Waals surface area contributed by atoms with Crippen LogP contribution in [0.2, 0.25) is 0 Å². The first-order valence-electron chi connectivity index (χ1n) is 13.4. The van der Waals surface area contributed by atoms with Crippen LogP contribution in [-0.2, 0) is 18.3 Å². The normalized spacial score (nSPS) is 18.8. The van der Waals surface area contributed by atoms with Gasteiger partial charge >= 0.3 is 0 Å². The summed E-state index contributed by atoms with van der Waals surface area (Å²) in [7, 11) is 2.05. The number of benzene rings is 1. The largest absolute Gasteiger partial charge is 0.393 e. The first-order chi connectivity index (χ1) is 18.0. The Labute approximate surface area is 216 Å². The number of aryl methyl sites for hydroxylation is 2. The molecule has 0 saturated carbocycles. The molecule has 0 unspecified atom stereocenters. The van der Waals surface area contributed by atoms with E-state index in [9.17, 15) is 5.11 Å². The molecule has 4 aromatic rings. The van der Waals surface area contributed by atoms with Crippen LogP contribution in [0.4, 0.5) is 5.82 Å². The van der Waals surface area contributed by atoms with Crippen molar-refractivity contribution in [3.05, 3.63) is 35.9 Å². The smallest absolute Gasteiger partial charge is 0.239 e. The van der Waals surface area contributed by atoms with Gasteiger partial charge in [-0.2, -0.15) is 9.97 Å². The molecule has 0 bridgehead atoms. The van der Waals surface area contributed by atoms with Gasteiger partial charge in [-0.15, -0.1) is 0 Å². The van der Waals surface area contributed by atoms with Crippen LogP contribution in [0.25, 0.3) is 28.1 Å². The lowest BCUT2D eigenvalue weighted by molar-refractivity contribution is 0.0541. The number of piperidine rings is 1. The van der Waals surface area contributed by atoms with Gasteiger partial charge in [-0.25, -0.2) is 9.97 Å². The van der Waals surface area contributed by atoms with Crippen LogP contribution < -0.4 is 4.90 Å². The molecule has 0 aliphatic carbocycles. The molecular weight excluding hydrogens is 468 g/mol. The van der Waals surface area contributed by atoms with Crippen molar-refractivity contribution in [1.82, 2.24) is 34.0 Å². The van der Waals surface area contributed by atoms with E-state index in [0.29, 0.717) is 25.1 Å². The molecule has 10 nitrogen and oxygen atoms in total. The van der Waals surface area contributed by atoms with E-state index >= 15 is 0 Å². The fourth-order valence-corrected chi connectivity index (χ4v) is 5.75. The maximum atomic E-state index is 10.3. The number of aliphatic hydroxyl groups excluding tert-OH is 1. The first-order valence-corrected chi connectivity index (χ1v) is 13.4. The van der Waals surface area contributed by atoms with Gasteiger partial charge in [-0.05, 0) is 57.3 Å². The summed E-state index contributed by atoms with van der Waals surface area (Å²) >= 11 is 0. The van der Waals surface area contributed by atoms with Gasteiger partial charge in [-0.3, -0.25) is 9.47 Å². The SMILES string of the molecule is CC[C@H](O)C1CCN(Cc2nc3c(N4CCOCC4)nc(-n4c(C)nc5ccccc54)nc3n2C)CC1. The molecule has 2 fully saturated rings. The number of ether oxygens (including phenoxy) is 1. The fourth-order valence-electron chi connectivity index (χ4n) is 5.75. The van der Waals surface area contributed by atoms with E-state index in [4.69, 9.17) is 24.7 Å². The Morgan fingerprint density at radius 3 is 2.54 bits per heavy atom. The van der Waals surface area contributed by atoms with E-state index in [-0.39, 0.29) is 6.10 Å². The third kappa shape index (κ3) is 4.47. The Hall–Kier alpha value is -3.08. The Balaban J connectivity index is 1.39. The van der Waals surface area contributed by atoms with Crippen LogP contribution in [0.1, 0.15) is 37.8 Å². The molecule has 5 heterocycles. The summed E-state index contributed by atoms with van der Waals surface area (Å²) in [5.74, 6) is 3.71. The lowest BCUT2D eigenvalue weighted by Gasteiger charge is -2.33. The monoisotopic (exact) mass is 504 g/mol. The Kier molecular flexibility index (Phi) is 6.56. The molecule has 6 rings (SSSR count). The van der Waals surface area contributed by atoms with Crippen molar-refractivity contribution in [2.75, 3.05) is 44.3 Å². The predicted octanol–water partition coefficient (Wildman–Crippen LogP) is 2.83. The number of aromatic nitrogens is 6. The number of anilines is 1. The average molecular weight is 505 g/mol. The maximum Gasteiger partial charge on any atom is 0.239 e. The fraction of sp³-hybridized carbons (Fsp3) is 0.556. The van der Waals surface area contributed by atoms with Crippen LogP contribution in [0, 0.1) is 12.8 Å². The molecule has 2 saturated heterocycles. The van der Waals surface area contributed by atoms with Crippen molar-refractivity contribution in [2.24, 2.45) is 13.0 Å². The van der Waals surface area contributed by atoms with Gasteiger partial charge in [0.2, 0.25) is 5.95 Å². The quantitative estimate of drug-likeness (QED) is 0.428. The minimum absolute atomic E-state index is 0.189. The molecule has 0 amide bonds. The van der Waals surface area contributed by atoms with Crippen molar-refractivity contribution in [2.45, 2.75) is 45.8 Å². The summed E-state index contributed by atoms with van der Waals surface area (Å²) in [5.41, 5.74) is 3.59. The van der Waals surface area contributed by atoms with Crippen LogP contribution in [0.15, 0.2) is 24.3 Å². The Bertz CT molecular complexity index is 1400. The van der Waals surface area contributed by atoms with Crippen LogP contribution in [-0.4, -0.2) is 84.6 Å². The van der Waals surface area contributed by atoms with Gasteiger partial charge in [0.25, 0.3) is 0 Å². The van der Waals surface area contributed by atoms with Crippen LogP contribution in [0.5, 0.6) is 0 Å². The second-order valence-electron chi connectivity index (χ2n) is 10.3. The molecule has 1 aromatic carbocycles. The molecular formula is C27H36N8O2. The highest BCUT2D eigenvalue weighted by Crippen LogP contribution is 2.29. The summed E-state index contributed by atoms with van der Waals surface area (Å²) in [6.07, 6.45) is 2.68. The lowest BCUT2D eigenvalue weighted by atomic mass is 9.90. The van der Waals surface area contributed by atoms with Crippen molar-refractivity contribution >= 4 is 28.0 Å². The van der Waals surface area contributed by atoms with Gasteiger partial charge in [0.05, 0.1) is 36.9 Å². The van der Waals surface area contributed by atoms with E-state index in [1.54, 1.807) is 0 Å². The number of nitrogens with zero attached hydrogens (tertiary/aromatic N) is 8. The second kappa shape index (κ2) is 10.00. The van der Waals surface area contributed by atoms with Crippen LogP contribution >= 0.6 is 0 Å². The Morgan fingerprint density at radius 2 is 1.78 bits per heavy atom. The number of aliphatic hydroxyl groups is 1. The van der Waals surface area contributed by atoms with Gasteiger partial charge in [0, 0.05) is 20.1 Å². The Morgan fingerprint density at radius 1 is 1.03 bits per heavy atom. The van der Waals surface area contributed by atoms with E-state index in [1.165, 1.54) is 0 Å². The number of hydrogen-bond acceptors (Lipinski definition) is 8. The zero-order valence-electron chi connectivity index (χ0n) is 22.0. The number of hydrogen-bond donors (Lipinski definition) is 1. The summed E-state index contributed by atoms with van der Waals surface area (Å²) in [4.78, 5) is 24.7. The average Bonchev–Trinajstić information content (AvgIpc) is 3.44. The molecule has 196 valence electrons. The standard InChI is InChI=1S/C27H36N8O2/c1-4-22(36)19-9-11-33(12-10-19)17-23-29-24-25(32(23)3)30-27(31-26(24)34-13-15-37-16-14-34)35-18(2)28-20-7-5-6-8-21(20)35/h5-8,19,22,36H,4,9-17H2,1-3H3/t22-/m0/s1. The summed E-state index contributed by atoms with van der Waals surface area (Å²) in [6, 6.07) is 8.10. The minimum Gasteiger partial charge on any atom is -0.393 e. The highest BCUT2D eigenvalue weighted by Gasteiger charge is 2.27. The number of imidazole rings is 2. The number of rotatable bonds is 6. The van der Waals surface area contributed by atoms with E-state index in [1.807, 2.05) is 29.7 Å². The first kappa shape index (κ1) is 24.3. The number of morpholine rings is 1. The number of para-hydroxylation sites is 2. The van der Waals surface area contributed by atoms with Crippen molar-refractivity contribution in [3.8, 4) is 5.95 Å². The molecule has 2 aliphatic heterocycles. The summed E-state index contributed by atoms with van der Waals surface area (Å²) in [6.45, 7) is 9.65. The molecule has 1 atom stereocenters. The third-order valence-electron chi connectivity index (χ3n) is 7.98. The molecule has 0 radical (unpaired) electrons. The van der Waals surface area contributed by atoms with Gasteiger partial charge < -0.3 is 19.3 Å². The molecule has 0 spiro atoms. The molecule has 1 N–H and O–H groups in total. The summed E-state index contributed by atoms with van der Waals surface area (Å²) in [5, 5.41) is 10.3. The van der Waals surface area contributed by atoms with E-state index in [0.717, 1.165) is 91.7 Å². The van der Waals surface area contributed by atoms with Gasteiger partial charge in [0.1, 0.15) is 11.6 Å². The van der Waals surface area contributed by atoms with Crippen molar-refractivity contribution in [1.29, 1.82) is 0 Å². The second-order valence-corrected chi connectivity index (χ2v) is 10.3. The van der Waals surface area contributed by atoms with Gasteiger partial charge in [0.15, 0.2) is 17.0 Å². The molecule has 3 aromatic heterocycles. The lowest BCUT2D eigenvalue weighted by Crippen LogP contribution is -2.37. The van der Waals surface area contributed by atoms with Crippen LogP contribution in [0.3, 0.4) is 0 Å². The third-order valence-corrected chi connectivity index (χ3v) is 7.98. The van der Waals surface area contributed by atoms with Crippen molar-refractivity contribution < 1.29 is 9.84 Å². The minimum atomic E-state index is -0.189. The molecule has 37 heavy (non-hydrogen) atoms. The highest BCUT2D eigenvalue weighted by molar-refractivity contribution is 5.86. The predicted molar refractivity (Wildman–Crippen MR) is 143 cm³/mol. The zero-order valence-corrected chi connectivity index (χ0v) is 22.0. The topological polar surface area (TPSA) is 97.4 Å². The molecule has 10 heteroatoms. The zero-order chi connectivity index (χ0) is 25.5. The molecule has 2 aliphatic rings. The van der Waals surface area contributed by atoms with E-state index in [2.05, 4.69) is 34.4 Å².